The first-order chi connectivity index (χ1) is 8.13. The molecule has 0 radical (unpaired) electrons. The average molecular weight is 252 g/mol. The van der Waals surface area contributed by atoms with Crippen LogP contribution in [0.3, 0.4) is 0 Å². The quantitative estimate of drug-likeness (QED) is 0.844. The third-order valence-electron chi connectivity index (χ3n) is 3.64. The monoisotopic (exact) mass is 252 g/mol. The van der Waals surface area contributed by atoms with Crippen molar-refractivity contribution >= 4 is 17.2 Å². The van der Waals surface area contributed by atoms with Gasteiger partial charge < -0.3 is 11.1 Å². The smallest absolute Gasteiger partial charge is 0.220 e. The van der Waals surface area contributed by atoms with E-state index in [2.05, 4.69) is 24.4 Å². The first kappa shape index (κ1) is 12.6. The van der Waals surface area contributed by atoms with E-state index in [1.165, 1.54) is 16.2 Å². The SMILES string of the molecule is Cc1ccc(CNC(=O)CC2(CN)CCC2)s1. The Balaban J connectivity index is 1.77. The van der Waals surface area contributed by atoms with E-state index in [4.69, 9.17) is 5.73 Å². The molecule has 4 heteroatoms. The third-order valence-corrected chi connectivity index (χ3v) is 4.64. The zero-order valence-corrected chi connectivity index (χ0v) is 11.1. The second-order valence-corrected chi connectivity index (χ2v) is 6.40. The molecule has 3 nitrogen and oxygen atoms in total. The molecule has 3 N–H and O–H groups in total. The van der Waals surface area contributed by atoms with Gasteiger partial charge in [-0.25, -0.2) is 0 Å². The molecule has 1 aromatic heterocycles. The van der Waals surface area contributed by atoms with Crippen LogP contribution in [0, 0.1) is 12.3 Å². The molecule has 0 spiro atoms. The lowest BCUT2D eigenvalue weighted by molar-refractivity contribution is -0.124. The summed E-state index contributed by atoms with van der Waals surface area (Å²) in [6, 6.07) is 4.15. The van der Waals surface area contributed by atoms with E-state index in [0.29, 0.717) is 19.5 Å². The maximum absolute atomic E-state index is 11.8. The Kier molecular flexibility index (Phi) is 3.84. The van der Waals surface area contributed by atoms with E-state index in [1.807, 2.05) is 0 Å². The highest BCUT2D eigenvalue weighted by Gasteiger charge is 2.37. The lowest BCUT2D eigenvalue weighted by Gasteiger charge is -2.40. The summed E-state index contributed by atoms with van der Waals surface area (Å²) in [6.45, 7) is 3.37. The maximum atomic E-state index is 11.8. The van der Waals surface area contributed by atoms with Crippen LogP contribution in [0.1, 0.15) is 35.4 Å². The van der Waals surface area contributed by atoms with Crippen molar-refractivity contribution in [3.8, 4) is 0 Å². The van der Waals surface area contributed by atoms with Gasteiger partial charge in [-0.3, -0.25) is 4.79 Å². The molecule has 0 saturated heterocycles. The van der Waals surface area contributed by atoms with E-state index < -0.39 is 0 Å². The summed E-state index contributed by atoms with van der Waals surface area (Å²) in [5.41, 5.74) is 5.86. The molecule has 94 valence electrons. The number of carbonyl (C=O) groups is 1. The number of hydrogen-bond acceptors (Lipinski definition) is 3. The summed E-state index contributed by atoms with van der Waals surface area (Å²) in [4.78, 5) is 14.3. The molecule has 1 amide bonds. The van der Waals surface area contributed by atoms with Gasteiger partial charge in [-0.05, 0) is 43.9 Å². The molecular weight excluding hydrogens is 232 g/mol. The predicted molar refractivity (Wildman–Crippen MR) is 70.9 cm³/mol. The number of hydrogen-bond donors (Lipinski definition) is 2. The molecule has 0 unspecified atom stereocenters. The Bertz CT molecular complexity index is 390. The molecule has 1 aliphatic carbocycles. The van der Waals surface area contributed by atoms with Crippen molar-refractivity contribution in [3.63, 3.8) is 0 Å². The van der Waals surface area contributed by atoms with Crippen molar-refractivity contribution in [2.24, 2.45) is 11.1 Å². The van der Waals surface area contributed by atoms with E-state index >= 15 is 0 Å². The van der Waals surface area contributed by atoms with Crippen molar-refractivity contribution in [2.45, 2.75) is 39.2 Å². The molecule has 17 heavy (non-hydrogen) atoms. The van der Waals surface area contributed by atoms with Gasteiger partial charge in [0.05, 0.1) is 6.54 Å². The summed E-state index contributed by atoms with van der Waals surface area (Å²) in [5, 5.41) is 2.99. The van der Waals surface area contributed by atoms with Crippen LogP contribution in [0.2, 0.25) is 0 Å². The normalized spacial score (nSPS) is 17.5. The van der Waals surface area contributed by atoms with Crippen LogP contribution < -0.4 is 11.1 Å². The van der Waals surface area contributed by atoms with E-state index in [-0.39, 0.29) is 11.3 Å². The van der Waals surface area contributed by atoms with Gasteiger partial charge in [-0.1, -0.05) is 6.42 Å². The highest BCUT2D eigenvalue weighted by atomic mass is 32.1. The molecule has 0 aromatic carbocycles. The summed E-state index contributed by atoms with van der Waals surface area (Å²) < 4.78 is 0. The van der Waals surface area contributed by atoms with Gasteiger partial charge in [0, 0.05) is 16.2 Å². The molecule has 1 aromatic rings. The minimum absolute atomic E-state index is 0.107. The van der Waals surface area contributed by atoms with E-state index in [9.17, 15) is 4.79 Å². The second kappa shape index (κ2) is 5.19. The molecule has 0 bridgehead atoms. The number of rotatable bonds is 5. The minimum atomic E-state index is 0.107. The van der Waals surface area contributed by atoms with Crippen LogP contribution in [0.4, 0.5) is 0 Å². The molecule has 1 heterocycles. The number of thiophene rings is 1. The van der Waals surface area contributed by atoms with Crippen molar-refractivity contribution in [3.05, 3.63) is 21.9 Å². The van der Waals surface area contributed by atoms with Gasteiger partial charge in [-0.15, -0.1) is 11.3 Å². The topological polar surface area (TPSA) is 55.1 Å². The van der Waals surface area contributed by atoms with Crippen LogP contribution in [0.15, 0.2) is 12.1 Å². The van der Waals surface area contributed by atoms with Gasteiger partial charge in [0.1, 0.15) is 0 Å². The van der Waals surface area contributed by atoms with Gasteiger partial charge in [-0.2, -0.15) is 0 Å². The van der Waals surface area contributed by atoms with Crippen LogP contribution in [0.25, 0.3) is 0 Å². The Hall–Kier alpha value is -0.870. The molecule has 1 aliphatic rings. The first-order valence-electron chi connectivity index (χ1n) is 6.16. The molecule has 2 rings (SSSR count). The standard InChI is InChI=1S/C13H20N2OS/c1-10-3-4-11(17-10)8-15-12(16)7-13(9-14)5-2-6-13/h3-4H,2,5-9,14H2,1H3,(H,15,16). The van der Waals surface area contributed by atoms with Gasteiger partial charge >= 0.3 is 0 Å². The van der Waals surface area contributed by atoms with Gasteiger partial charge in [0.2, 0.25) is 5.91 Å². The predicted octanol–water partition coefficient (Wildman–Crippen LogP) is 2.19. The van der Waals surface area contributed by atoms with Crippen LogP contribution in [0.5, 0.6) is 0 Å². The summed E-state index contributed by atoms with van der Waals surface area (Å²) in [6.07, 6.45) is 4.02. The highest BCUT2D eigenvalue weighted by molar-refractivity contribution is 7.11. The van der Waals surface area contributed by atoms with E-state index in [1.54, 1.807) is 11.3 Å². The van der Waals surface area contributed by atoms with E-state index in [0.717, 1.165) is 12.8 Å². The van der Waals surface area contributed by atoms with Crippen LogP contribution in [-0.2, 0) is 11.3 Å². The summed E-state index contributed by atoms with van der Waals surface area (Å²) in [5.74, 6) is 0.140. The fourth-order valence-corrected chi connectivity index (χ4v) is 3.13. The Morgan fingerprint density at radius 1 is 1.53 bits per heavy atom. The van der Waals surface area contributed by atoms with Crippen molar-refractivity contribution < 1.29 is 4.79 Å². The maximum Gasteiger partial charge on any atom is 0.220 e. The number of aryl methyl sites for hydroxylation is 1. The Morgan fingerprint density at radius 2 is 2.29 bits per heavy atom. The lowest BCUT2D eigenvalue weighted by Crippen LogP contribution is -2.41. The largest absolute Gasteiger partial charge is 0.351 e. The summed E-state index contributed by atoms with van der Waals surface area (Å²) in [7, 11) is 0. The average Bonchev–Trinajstić information content (AvgIpc) is 2.67. The summed E-state index contributed by atoms with van der Waals surface area (Å²) >= 11 is 1.73. The molecule has 1 fully saturated rings. The van der Waals surface area contributed by atoms with Gasteiger partial charge in [0.15, 0.2) is 0 Å². The second-order valence-electron chi connectivity index (χ2n) is 5.02. The number of amides is 1. The molecule has 0 atom stereocenters. The fraction of sp³-hybridized carbons (Fsp3) is 0.615. The number of nitrogens with two attached hydrogens (primary N) is 1. The minimum Gasteiger partial charge on any atom is -0.351 e. The fourth-order valence-electron chi connectivity index (χ4n) is 2.30. The highest BCUT2D eigenvalue weighted by Crippen LogP contribution is 2.42. The Labute approximate surface area is 106 Å². The van der Waals surface area contributed by atoms with Crippen molar-refractivity contribution in [1.82, 2.24) is 5.32 Å². The van der Waals surface area contributed by atoms with Crippen molar-refractivity contribution in [2.75, 3.05) is 6.54 Å². The zero-order chi connectivity index (χ0) is 12.3. The third kappa shape index (κ3) is 3.07. The number of nitrogens with one attached hydrogen (secondary N) is 1. The van der Waals surface area contributed by atoms with Crippen molar-refractivity contribution in [1.29, 1.82) is 0 Å². The Morgan fingerprint density at radius 3 is 2.76 bits per heavy atom. The van der Waals surface area contributed by atoms with Gasteiger partial charge in [0.25, 0.3) is 0 Å². The lowest BCUT2D eigenvalue weighted by atomic mass is 9.66. The molecular formula is C13H20N2OS. The number of carbonyl (C=O) groups excluding carboxylic acids is 1. The molecule has 1 saturated carbocycles. The molecule has 0 aliphatic heterocycles. The van der Waals surface area contributed by atoms with Crippen LogP contribution in [-0.4, -0.2) is 12.5 Å². The first-order valence-corrected chi connectivity index (χ1v) is 6.97. The van der Waals surface area contributed by atoms with Crippen LogP contribution >= 0.6 is 11.3 Å². The zero-order valence-electron chi connectivity index (χ0n) is 10.3.